The summed E-state index contributed by atoms with van der Waals surface area (Å²) in [5.41, 5.74) is 0. The van der Waals surface area contributed by atoms with Crippen molar-refractivity contribution in [2.45, 2.75) is 250 Å². The van der Waals surface area contributed by atoms with E-state index in [0.29, 0.717) is 6.42 Å². The Labute approximate surface area is 341 Å². The maximum atomic E-state index is 12.8. The van der Waals surface area contributed by atoms with Crippen molar-refractivity contribution >= 4 is 11.9 Å². The summed E-state index contributed by atoms with van der Waals surface area (Å²) in [6.45, 7) is 3.43. The van der Waals surface area contributed by atoms with Gasteiger partial charge in [-0.15, -0.1) is 0 Å². The number of hydrogen-bond acceptors (Lipinski definition) is 10. The molecule has 10 nitrogen and oxygen atoms in total. The first-order chi connectivity index (χ1) is 27.3. The molecule has 0 spiro atoms. The van der Waals surface area contributed by atoms with Crippen LogP contribution in [0.25, 0.3) is 0 Å². The monoisotopic (exact) mass is 799 g/mol. The van der Waals surface area contributed by atoms with E-state index in [1.165, 1.54) is 141 Å². The highest BCUT2D eigenvalue weighted by molar-refractivity contribution is 5.70. The SMILES string of the molecule is CCCCCC/C=C/CCCCCCCCCCCC(=O)OC[C@@H](CO[C@H]1O[C@@H](CO)[C@@H](O)C(O)C1O)OC(=O)CCCCCCCCCCCCCCCC. The number of aliphatic hydroxyl groups excluding tert-OH is 4. The summed E-state index contributed by atoms with van der Waals surface area (Å²) in [7, 11) is 0. The van der Waals surface area contributed by atoms with E-state index in [-0.39, 0.29) is 32.0 Å². The number of allylic oxidation sites excluding steroid dienone is 2. The summed E-state index contributed by atoms with van der Waals surface area (Å²) in [5.74, 6) is -0.798. The van der Waals surface area contributed by atoms with Crippen LogP contribution < -0.4 is 0 Å². The second-order valence-corrected chi connectivity index (χ2v) is 16.2. The number of carbonyl (C=O) groups is 2. The number of esters is 2. The smallest absolute Gasteiger partial charge is 0.306 e. The number of unbranched alkanes of at least 4 members (excludes halogenated alkanes) is 26. The third-order valence-electron chi connectivity index (χ3n) is 10.9. The minimum atomic E-state index is -1.59. The van der Waals surface area contributed by atoms with Crippen molar-refractivity contribution in [1.82, 2.24) is 0 Å². The van der Waals surface area contributed by atoms with E-state index in [0.717, 1.165) is 38.5 Å². The highest BCUT2D eigenvalue weighted by Crippen LogP contribution is 2.23. The first kappa shape index (κ1) is 52.5. The van der Waals surface area contributed by atoms with E-state index >= 15 is 0 Å². The van der Waals surface area contributed by atoms with Gasteiger partial charge < -0.3 is 39.4 Å². The Morgan fingerprint density at radius 2 is 0.946 bits per heavy atom. The van der Waals surface area contributed by atoms with E-state index < -0.39 is 49.4 Å². The Balaban J connectivity index is 2.30. The molecule has 1 fully saturated rings. The van der Waals surface area contributed by atoms with Gasteiger partial charge in [-0.25, -0.2) is 0 Å². The molecule has 0 aromatic heterocycles. The topological polar surface area (TPSA) is 152 Å². The van der Waals surface area contributed by atoms with Crippen molar-refractivity contribution in [3.05, 3.63) is 12.2 Å². The first-order valence-electron chi connectivity index (χ1n) is 23.3. The lowest BCUT2D eigenvalue weighted by Crippen LogP contribution is -2.59. The Morgan fingerprint density at radius 1 is 0.536 bits per heavy atom. The molecule has 1 aliphatic rings. The molecule has 330 valence electrons. The fraction of sp³-hybridized carbons (Fsp3) is 0.913. The molecule has 0 aromatic rings. The van der Waals surface area contributed by atoms with E-state index in [4.69, 9.17) is 18.9 Å². The van der Waals surface area contributed by atoms with Gasteiger partial charge in [0.1, 0.15) is 31.0 Å². The molecule has 1 heterocycles. The molecule has 6 atom stereocenters. The molecule has 0 radical (unpaired) electrons. The fourth-order valence-corrected chi connectivity index (χ4v) is 7.18. The fourth-order valence-electron chi connectivity index (χ4n) is 7.18. The second-order valence-electron chi connectivity index (χ2n) is 16.2. The van der Waals surface area contributed by atoms with Crippen LogP contribution in [-0.2, 0) is 28.5 Å². The zero-order valence-electron chi connectivity index (χ0n) is 35.9. The lowest BCUT2D eigenvalue weighted by molar-refractivity contribution is -0.305. The summed E-state index contributed by atoms with van der Waals surface area (Å²) in [6.07, 6.45) is 32.1. The summed E-state index contributed by atoms with van der Waals surface area (Å²) < 4.78 is 22.2. The molecule has 1 saturated heterocycles. The molecule has 1 aliphatic heterocycles. The van der Waals surface area contributed by atoms with Crippen LogP contribution in [0.2, 0.25) is 0 Å². The third-order valence-corrected chi connectivity index (χ3v) is 10.9. The standard InChI is InChI=1S/C46H86O10/c1-3-5-7-9-11-13-15-17-19-20-21-23-24-26-28-30-32-34-41(48)53-37-39(38-54-46-45(52)44(51)43(50)40(36-47)56-46)55-42(49)35-33-31-29-27-25-22-18-16-14-12-10-8-6-4-2/h13,15,39-40,43-47,50-52H,3-12,14,16-38H2,1-2H3/b15-13+/t39-,40-,43+,44?,45?,46-/m0/s1. The van der Waals surface area contributed by atoms with Gasteiger partial charge >= 0.3 is 11.9 Å². The summed E-state index contributed by atoms with van der Waals surface area (Å²) in [5, 5.41) is 40.1. The molecule has 0 bridgehead atoms. The van der Waals surface area contributed by atoms with Crippen LogP contribution in [0.1, 0.15) is 213 Å². The van der Waals surface area contributed by atoms with Gasteiger partial charge in [0.05, 0.1) is 13.2 Å². The predicted octanol–water partition coefficient (Wildman–Crippen LogP) is 9.95. The van der Waals surface area contributed by atoms with Gasteiger partial charge in [-0.05, 0) is 38.5 Å². The number of rotatable bonds is 39. The molecule has 0 aliphatic carbocycles. The number of hydrogen-bond donors (Lipinski definition) is 4. The van der Waals surface area contributed by atoms with Crippen molar-refractivity contribution in [3.8, 4) is 0 Å². The van der Waals surface area contributed by atoms with Gasteiger partial charge in [0.15, 0.2) is 12.4 Å². The van der Waals surface area contributed by atoms with Crippen molar-refractivity contribution < 1.29 is 49.0 Å². The summed E-state index contributed by atoms with van der Waals surface area (Å²) in [4.78, 5) is 25.3. The Hall–Kier alpha value is -1.56. The molecule has 1 rings (SSSR count). The van der Waals surface area contributed by atoms with Gasteiger partial charge in [0, 0.05) is 12.8 Å². The quantitative estimate of drug-likeness (QED) is 0.0269. The highest BCUT2D eigenvalue weighted by Gasteiger charge is 2.44. The molecule has 0 saturated carbocycles. The van der Waals surface area contributed by atoms with Crippen LogP contribution in [0.5, 0.6) is 0 Å². The van der Waals surface area contributed by atoms with Crippen LogP contribution >= 0.6 is 0 Å². The van der Waals surface area contributed by atoms with E-state index in [2.05, 4.69) is 26.0 Å². The largest absolute Gasteiger partial charge is 0.462 e. The Kier molecular flexibility index (Phi) is 35.3. The van der Waals surface area contributed by atoms with Gasteiger partial charge in [-0.3, -0.25) is 9.59 Å². The van der Waals surface area contributed by atoms with Crippen molar-refractivity contribution in [2.24, 2.45) is 0 Å². The van der Waals surface area contributed by atoms with Crippen LogP contribution in [0.15, 0.2) is 12.2 Å². The van der Waals surface area contributed by atoms with Crippen molar-refractivity contribution in [3.63, 3.8) is 0 Å². The molecule has 56 heavy (non-hydrogen) atoms. The molecule has 10 heteroatoms. The summed E-state index contributed by atoms with van der Waals surface area (Å²) >= 11 is 0. The zero-order chi connectivity index (χ0) is 40.9. The van der Waals surface area contributed by atoms with E-state index in [1.807, 2.05) is 0 Å². The predicted molar refractivity (Wildman–Crippen MR) is 224 cm³/mol. The Morgan fingerprint density at radius 3 is 1.41 bits per heavy atom. The van der Waals surface area contributed by atoms with E-state index in [9.17, 15) is 30.0 Å². The molecule has 0 amide bonds. The van der Waals surface area contributed by atoms with E-state index in [1.54, 1.807) is 0 Å². The van der Waals surface area contributed by atoms with Crippen LogP contribution in [0.3, 0.4) is 0 Å². The van der Waals surface area contributed by atoms with Gasteiger partial charge in [0.25, 0.3) is 0 Å². The highest BCUT2D eigenvalue weighted by atomic mass is 16.7. The van der Waals surface area contributed by atoms with Crippen LogP contribution in [0.4, 0.5) is 0 Å². The average molecular weight is 799 g/mol. The van der Waals surface area contributed by atoms with Crippen LogP contribution in [0, 0.1) is 0 Å². The normalized spacial score (nSPS) is 20.4. The maximum absolute atomic E-state index is 12.8. The summed E-state index contributed by atoms with van der Waals surface area (Å²) in [6, 6.07) is 0. The molecular weight excluding hydrogens is 712 g/mol. The lowest BCUT2D eigenvalue weighted by atomic mass is 9.99. The number of ether oxygens (including phenoxy) is 4. The van der Waals surface area contributed by atoms with Crippen molar-refractivity contribution in [2.75, 3.05) is 19.8 Å². The molecular formula is C46H86O10. The molecule has 2 unspecified atom stereocenters. The van der Waals surface area contributed by atoms with Crippen molar-refractivity contribution in [1.29, 1.82) is 0 Å². The minimum Gasteiger partial charge on any atom is -0.462 e. The van der Waals surface area contributed by atoms with Crippen LogP contribution in [-0.4, -0.2) is 89.0 Å². The number of aliphatic hydroxyl groups is 4. The maximum Gasteiger partial charge on any atom is 0.306 e. The lowest BCUT2D eigenvalue weighted by Gasteiger charge is -2.39. The zero-order valence-corrected chi connectivity index (χ0v) is 35.9. The van der Waals surface area contributed by atoms with Gasteiger partial charge in [-0.1, -0.05) is 174 Å². The Bertz CT molecular complexity index is 928. The minimum absolute atomic E-state index is 0.213. The van der Waals surface area contributed by atoms with Gasteiger partial charge in [-0.2, -0.15) is 0 Å². The average Bonchev–Trinajstić information content (AvgIpc) is 3.19. The molecule has 0 aromatic carbocycles. The molecule has 4 N–H and O–H groups in total. The van der Waals surface area contributed by atoms with Gasteiger partial charge in [0.2, 0.25) is 0 Å². The second kappa shape index (κ2) is 37.7. The third kappa shape index (κ3) is 28.8. The first-order valence-corrected chi connectivity index (χ1v) is 23.3. The number of carbonyl (C=O) groups excluding carboxylic acids is 2.